The summed E-state index contributed by atoms with van der Waals surface area (Å²) in [5.41, 5.74) is 2.64. The van der Waals surface area contributed by atoms with Crippen LogP contribution in [0, 0.1) is 0 Å². The summed E-state index contributed by atoms with van der Waals surface area (Å²) in [6.45, 7) is 2.13. The summed E-state index contributed by atoms with van der Waals surface area (Å²) in [5.74, 6) is 0.400. The third kappa shape index (κ3) is 2.09. The summed E-state index contributed by atoms with van der Waals surface area (Å²) in [7, 11) is 0. The molecule has 98 valence electrons. The minimum atomic E-state index is -0.362. The number of aryl methyl sites for hydroxylation is 1. The Kier molecular flexibility index (Phi) is 2.98. The average Bonchev–Trinajstić information content (AvgIpc) is 3.07. The molecule has 0 N–H and O–H groups in total. The van der Waals surface area contributed by atoms with Crippen molar-refractivity contribution in [3.63, 3.8) is 0 Å². The van der Waals surface area contributed by atoms with Crippen LogP contribution < -0.4 is 0 Å². The quantitative estimate of drug-likeness (QED) is 0.777. The van der Waals surface area contributed by atoms with E-state index in [1.54, 1.807) is 24.1 Å². The van der Waals surface area contributed by atoms with Gasteiger partial charge in [0, 0.05) is 17.5 Å². The van der Waals surface area contributed by atoms with E-state index in [9.17, 15) is 4.79 Å². The first kappa shape index (κ1) is 11.8. The van der Waals surface area contributed by atoms with Gasteiger partial charge in [0.1, 0.15) is 6.33 Å². The fraction of sp³-hybridized carbons (Fsp3) is 0.385. The van der Waals surface area contributed by atoms with Gasteiger partial charge in [-0.05, 0) is 26.2 Å². The van der Waals surface area contributed by atoms with Crippen LogP contribution in [0.3, 0.4) is 0 Å². The maximum atomic E-state index is 11.6. The van der Waals surface area contributed by atoms with Gasteiger partial charge < -0.3 is 4.74 Å². The molecule has 2 aromatic rings. The molecule has 0 spiro atoms. The Bertz CT molecular complexity index is 621. The first-order valence-electron chi connectivity index (χ1n) is 6.34. The molecule has 2 aromatic heterocycles. The number of carbonyl (C=O) groups excluding carboxylic acids is 1. The molecule has 3 rings (SSSR count). The number of aromatic nitrogens is 4. The SMILES string of the molecule is CCOC(=O)c1cnn(-c2ncnc3c2CCC3)c1. The van der Waals surface area contributed by atoms with Gasteiger partial charge in [-0.2, -0.15) is 5.10 Å². The van der Waals surface area contributed by atoms with E-state index in [0.29, 0.717) is 12.2 Å². The maximum Gasteiger partial charge on any atom is 0.341 e. The third-order valence-corrected chi connectivity index (χ3v) is 3.16. The number of rotatable bonds is 3. The molecule has 0 aromatic carbocycles. The third-order valence-electron chi connectivity index (χ3n) is 3.16. The van der Waals surface area contributed by atoms with Crippen molar-refractivity contribution in [2.24, 2.45) is 0 Å². The molecule has 2 heterocycles. The summed E-state index contributed by atoms with van der Waals surface area (Å²) < 4.78 is 6.57. The monoisotopic (exact) mass is 258 g/mol. The van der Waals surface area contributed by atoms with E-state index < -0.39 is 0 Å². The molecule has 0 amide bonds. The average molecular weight is 258 g/mol. The van der Waals surface area contributed by atoms with Crippen molar-refractivity contribution in [1.29, 1.82) is 0 Å². The lowest BCUT2D eigenvalue weighted by molar-refractivity contribution is 0.0526. The van der Waals surface area contributed by atoms with E-state index in [4.69, 9.17) is 4.74 Å². The lowest BCUT2D eigenvalue weighted by Gasteiger charge is -2.05. The molecule has 1 aliphatic carbocycles. The molecule has 0 bridgehead atoms. The van der Waals surface area contributed by atoms with Crippen LogP contribution >= 0.6 is 0 Å². The number of hydrogen-bond donors (Lipinski definition) is 0. The molecule has 0 radical (unpaired) electrons. The van der Waals surface area contributed by atoms with Gasteiger partial charge in [-0.15, -0.1) is 0 Å². The second-order valence-electron chi connectivity index (χ2n) is 4.37. The molecule has 6 heteroatoms. The molecule has 0 fully saturated rings. The van der Waals surface area contributed by atoms with Gasteiger partial charge >= 0.3 is 5.97 Å². The largest absolute Gasteiger partial charge is 0.462 e. The first-order valence-corrected chi connectivity index (χ1v) is 6.34. The van der Waals surface area contributed by atoms with Gasteiger partial charge in [0.25, 0.3) is 0 Å². The van der Waals surface area contributed by atoms with E-state index in [1.807, 2.05) is 0 Å². The lowest BCUT2D eigenvalue weighted by Crippen LogP contribution is -2.05. The molecular weight excluding hydrogens is 244 g/mol. The fourth-order valence-corrected chi connectivity index (χ4v) is 2.30. The number of nitrogens with zero attached hydrogens (tertiary/aromatic N) is 4. The highest BCUT2D eigenvalue weighted by Crippen LogP contribution is 2.24. The Morgan fingerprint density at radius 2 is 2.32 bits per heavy atom. The molecule has 0 saturated heterocycles. The van der Waals surface area contributed by atoms with Crippen molar-refractivity contribution in [1.82, 2.24) is 19.7 Å². The fourth-order valence-electron chi connectivity index (χ4n) is 2.30. The molecule has 0 saturated carbocycles. The van der Waals surface area contributed by atoms with Crippen LogP contribution in [0.15, 0.2) is 18.7 Å². The highest BCUT2D eigenvalue weighted by atomic mass is 16.5. The Morgan fingerprint density at radius 1 is 1.42 bits per heavy atom. The Morgan fingerprint density at radius 3 is 3.16 bits per heavy atom. The summed E-state index contributed by atoms with van der Waals surface area (Å²) in [6, 6.07) is 0. The van der Waals surface area contributed by atoms with Gasteiger partial charge in [0.2, 0.25) is 0 Å². The minimum absolute atomic E-state index is 0.354. The molecule has 0 aliphatic heterocycles. The molecule has 19 heavy (non-hydrogen) atoms. The van der Waals surface area contributed by atoms with Crippen LogP contribution in [0.4, 0.5) is 0 Å². The van der Waals surface area contributed by atoms with E-state index in [-0.39, 0.29) is 5.97 Å². The van der Waals surface area contributed by atoms with Crippen molar-refractivity contribution in [3.8, 4) is 5.82 Å². The van der Waals surface area contributed by atoms with Crippen LogP contribution in [0.1, 0.15) is 35.0 Å². The van der Waals surface area contributed by atoms with Crippen molar-refractivity contribution in [3.05, 3.63) is 35.5 Å². The van der Waals surface area contributed by atoms with E-state index >= 15 is 0 Å². The van der Waals surface area contributed by atoms with E-state index in [0.717, 1.165) is 36.3 Å². The summed E-state index contributed by atoms with van der Waals surface area (Å²) in [6.07, 6.45) is 7.73. The number of carbonyl (C=O) groups is 1. The topological polar surface area (TPSA) is 69.9 Å². The van der Waals surface area contributed by atoms with Crippen LogP contribution in [0.5, 0.6) is 0 Å². The second-order valence-corrected chi connectivity index (χ2v) is 4.37. The van der Waals surface area contributed by atoms with Gasteiger partial charge in [-0.25, -0.2) is 19.4 Å². The van der Waals surface area contributed by atoms with Gasteiger partial charge in [0.15, 0.2) is 5.82 Å². The number of esters is 1. The normalized spacial score (nSPS) is 13.3. The number of hydrogen-bond acceptors (Lipinski definition) is 5. The maximum absolute atomic E-state index is 11.6. The standard InChI is InChI=1S/C13H14N4O2/c1-2-19-13(18)9-6-16-17(7-9)12-10-4-3-5-11(10)14-8-15-12/h6-8H,2-5H2,1H3. The lowest BCUT2D eigenvalue weighted by atomic mass is 10.2. The van der Waals surface area contributed by atoms with Crippen molar-refractivity contribution >= 4 is 5.97 Å². The van der Waals surface area contributed by atoms with E-state index in [2.05, 4.69) is 15.1 Å². The van der Waals surface area contributed by atoms with Gasteiger partial charge in [-0.1, -0.05) is 0 Å². The highest BCUT2D eigenvalue weighted by molar-refractivity contribution is 5.88. The van der Waals surface area contributed by atoms with Crippen molar-refractivity contribution < 1.29 is 9.53 Å². The zero-order valence-electron chi connectivity index (χ0n) is 10.7. The van der Waals surface area contributed by atoms with Crippen LogP contribution in [-0.2, 0) is 17.6 Å². The molecule has 0 unspecified atom stereocenters. The van der Waals surface area contributed by atoms with Gasteiger partial charge in [0.05, 0.1) is 18.4 Å². The Hall–Kier alpha value is -2.24. The van der Waals surface area contributed by atoms with E-state index in [1.165, 1.54) is 6.20 Å². The Labute approximate surface area is 110 Å². The first-order chi connectivity index (χ1) is 9.29. The molecule has 1 aliphatic rings. The summed E-state index contributed by atoms with van der Waals surface area (Å²) in [4.78, 5) is 20.2. The second kappa shape index (κ2) is 4.79. The molecular formula is C13H14N4O2. The van der Waals surface area contributed by atoms with Gasteiger partial charge in [-0.3, -0.25) is 0 Å². The van der Waals surface area contributed by atoms with Crippen LogP contribution in [-0.4, -0.2) is 32.3 Å². The smallest absolute Gasteiger partial charge is 0.341 e. The predicted octanol–water partition coefficient (Wildman–Crippen LogP) is 1.33. The van der Waals surface area contributed by atoms with Crippen LogP contribution in [0.2, 0.25) is 0 Å². The molecule has 0 atom stereocenters. The van der Waals surface area contributed by atoms with Crippen LogP contribution in [0.25, 0.3) is 5.82 Å². The number of fused-ring (bicyclic) bond motifs is 1. The highest BCUT2D eigenvalue weighted by Gasteiger charge is 2.19. The zero-order valence-corrected chi connectivity index (χ0v) is 10.7. The Balaban J connectivity index is 1.95. The predicted molar refractivity (Wildman–Crippen MR) is 67.1 cm³/mol. The summed E-state index contributed by atoms with van der Waals surface area (Å²) in [5, 5.41) is 4.19. The van der Waals surface area contributed by atoms with Crippen molar-refractivity contribution in [2.45, 2.75) is 26.2 Å². The van der Waals surface area contributed by atoms with Crippen molar-refractivity contribution in [2.75, 3.05) is 6.61 Å². The summed E-state index contributed by atoms with van der Waals surface area (Å²) >= 11 is 0. The number of ether oxygens (including phenoxy) is 1. The molecule has 6 nitrogen and oxygen atoms in total. The zero-order chi connectivity index (χ0) is 13.2. The minimum Gasteiger partial charge on any atom is -0.462 e.